The van der Waals surface area contributed by atoms with Crippen molar-refractivity contribution in [2.45, 2.75) is 174 Å². The van der Waals surface area contributed by atoms with Gasteiger partial charge >= 0.3 is 18.9 Å². The van der Waals surface area contributed by atoms with Crippen molar-refractivity contribution in [2.24, 2.45) is 35.5 Å². The number of halogens is 2. The topological polar surface area (TPSA) is 0 Å². The second-order valence-electron chi connectivity index (χ2n) is 17.0. The summed E-state index contributed by atoms with van der Waals surface area (Å²) in [5.41, 5.74) is 6.17. The number of unbranched alkanes of at least 4 members (excludes halogenated alkanes) is 1. The van der Waals surface area contributed by atoms with Gasteiger partial charge < -0.3 is 6.92 Å². The van der Waals surface area contributed by atoms with Gasteiger partial charge in [-0.2, -0.15) is 6.42 Å². The van der Waals surface area contributed by atoms with Crippen molar-refractivity contribution in [3.63, 3.8) is 0 Å². The molecule has 4 aliphatic rings. The maximum atomic E-state index is 5.59. The maximum Gasteiger partial charge on any atom is 1.00 e. The third-order valence-electron chi connectivity index (χ3n) is 13.4. The molecule has 6 rings (SSSR count). The summed E-state index contributed by atoms with van der Waals surface area (Å²) in [6, 6.07) is 19.0. The third-order valence-corrected chi connectivity index (χ3v) is 13.9. The van der Waals surface area contributed by atoms with Crippen LogP contribution in [0.2, 0.25) is 0 Å². The van der Waals surface area contributed by atoms with Crippen molar-refractivity contribution in [1.82, 2.24) is 0 Å². The van der Waals surface area contributed by atoms with Crippen LogP contribution in [0.3, 0.4) is 0 Å². The van der Waals surface area contributed by atoms with Crippen LogP contribution < -0.4 is 18.9 Å². The second kappa shape index (κ2) is 26.3. The summed E-state index contributed by atoms with van der Waals surface area (Å²) in [7, 11) is 0. The quantitative estimate of drug-likeness (QED) is 0.127. The van der Waals surface area contributed by atoms with Gasteiger partial charge in [-0.05, 0) is 211 Å². The van der Waals surface area contributed by atoms with Crippen LogP contribution in [0.15, 0.2) is 58.0 Å². The minimum Gasteiger partial charge on any atom is -0.343 e. The van der Waals surface area contributed by atoms with Gasteiger partial charge in [-0.3, -0.25) is 0 Å². The van der Waals surface area contributed by atoms with E-state index in [2.05, 4.69) is 120 Å². The van der Waals surface area contributed by atoms with Gasteiger partial charge in [-0.1, -0.05) is 94.6 Å². The molecule has 0 atom stereocenters. The molecule has 3 heteroatoms. The number of terminal acetylenes is 1. The van der Waals surface area contributed by atoms with E-state index in [0.717, 1.165) is 51.2 Å². The largest absolute Gasteiger partial charge is 1.00 e. The molecule has 0 bridgehead atoms. The zero-order chi connectivity index (χ0) is 37.1. The monoisotopic (exact) mass is 838 g/mol. The van der Waals surface area contributed by atoms with Crippen molar-refractivity contribution in [2.75, 3.05) is 0 Å². The van der Waals surface area contributed by atoms with Crippen LogP contribution in [0, 0.1) is 54.8 Å². The summed E-state index contributed by atoms with van der Waals surface area (Å²) < 4.78 is 1.13. The summed E-state index contributed by atoms with van der Waals surface area (Å²) in [5, 5.41) is 0. The summed E-state index contributed by atoms with van der Waals surface area (Å²) in [6.45, 7) is 10.2. The van der Waals surface area contributed by atoms with Gasteiger partial charge in [0, 0.05) is 5.92 Å². The number of aryl methyl sites for hydroxylation is 2. The van der Waals surface area contributed by atoms with Crippen LogP contribution >= 0.6 is 31.9 Å². The third kappa shape index (κ3) is 16.0. The van der Waals surface area contributed by atoms with E-state index in [9.17, 15) is 0 Å². The molecule has 2 aromatic rings. The van der Waals surface area contributed by atoms with Crippen LogP contribution in [0.25, 0.3) is 0 Å². The van der Waals surface area contributed by atoms with E-state index in [1.807, 2.05) is 0 Å². The summed E-state index contributed by atoms with van der Waals surface area (Å²) >= 11 is 7.04. The van der Waals surface area contributed by atoms with Crippen molar-refractivity contribution in [3.05, 3.63) is 87.2 Å². The fourth-order valence-electron chi connectivity index (χ4n) is 10.1. The number of hydrogen-bond donors (Lipinski definition) is 0. The SMILES string of the molecule is C#CC1CCC(C2CCC(c3ccc(CCC)cc3)CC2)CC1.CCCc1ccc(C2CCC(C3CCC(C=C(Br)Br)CC3)CC2)cc1.[CH2-]CCC.[Li+]. The van der Waals surface area contributed by atoms with Crippen molar-refractivity contribution < 1.29 is 18.9 Å². The number of allylic oxidation sites excluding steroid dienone is 1. The van der Waals surface area contributed by atoms with E-state index in [4.69, 9.17) is 6.42 Å². The number of rotatable bonds is 10. The molecule has 0 N–H and O–H groups in total. The molecule has 4 fully saturated rings. The number of benzene rings is 2. The molecule has 0 nitrogen and oxygen atoms in total. The van der Waals surface area contributed by atoms with Crippen LogP contribution in [0.1, 0.15) is 183 Å². The van der Waals surface area contributed by atoms with Crippen LogP contribution in [0.5, 0.6) is 0 Å². The van der Waals surface area contributed by atoms with E-state index in [-0.39, 0.29) is 18.9 Å². The van der Waals surface area contributed by atoms with Crippen LogP contribution in [-0.2, 0) is 12.8 Å². The Bertz CT molecular complexity index is 1280. The molecule has 0 saturated heterocycles. The molecular formula is C50H73Br2Li. The maximum absolute atomic E-state index is 5.59. The Morgan fingerprint density at radius 1 is 0.585 bits per heavy atom. The fraction of sp³-hybridized carbons (Fsp3) is 0.660. The zero-order valence-electron chi connectivity index (χ0n) is 34.4. The van der Waals surface area contributed by atoms with Gasteiger partial charge in [-0.15, -0.1) is 12.3 Å². The molecule has 2 aromatic carbocycles. The first-order valence-electron chi connectivity index (χ1n) is 21.8. The first-order valence-corrected chi connectivity index (χ1v) is 23.4. The zero-order valence-corrected chi connectivity index (χ0v) is 37.6. The summed E-state index contributed by atoms with van der Waals surface area (Å²) in [5.74, 6) is 9.88. The molecule has 0 aromatic heterocycles. The average molecular weight is 841 g/mol. The predicted octanol–water partition coefficient (Wildman–Crippen LogP) is 13.3. The molecule has 0 amide bonds. The van der Waals surface area contributed by atoms with E-state index in [0.29, 0.717) is 5.92 Å². The molecule has 0 heterocycles. The Balaban J connectivity index is 0.000000256. The first kappa shape index (κ1) is 46.7. The van der Waals surface area contributed by atoms with Crippen molar-refractivity contribution in [1.29, 1.82) is 0 Å². The normalized spacial score (nSPS) is 28.4. The Labute approximate surface area is 357 Å². The smallest absolute Gasteiger partial charge is 0.343 e. The molecule has 0 radical (unpaired) electrons. The first-order chi connectivity index (χ1) is 25.4. The van der Waals surface area contributed by atoms with Gasteiger partial charge in [0.2, 0.25) is 0 Å². The second-order valence-corrected chi connectivity index (χ2v) is 19.7. The van der Waals surface area contributed by atoms with Crippen molar-refractivity contribution in [3.8, 4) is 12.3 Å². The molecule has 4 saturated carbocycles. The predicted molar refractivity (Wildman–Crippen MR) is 236 cm³/mol. The molecule has 0 spiro atoms. The van der Waals surface area contributed by atoms with Gasteiger partial charge in [0.25, 0.3) is 0 Å². The molecule has 0 unspecified atom stereocenters. The molecule has 0 aliphatic heterocycles. The standard InChI is InChI=1S/C23H32Br2.C23H32.C4H9.Li/c1-2-3-17-4-8-19(9-5-17)21-12-14-22(15-13-21)20-10-6-18(7-11-20)16-23(24)25;1-3-5-19-8-12-21(13-9-19)23-16-14-22(15-17-23)20-10-6-18(4-2)7-11-20;1-3-4-2;/h4-5,8-9,16,18,20-22H,2-3,6-7,10-15H2,1H3;2,8-9,12-13,18,20,22-23H,3,5-7,10-11,14-17H2,1H3;1,3-4H2,2H3;/q;;-1;+1. The van der Waals surface area contributed by atoms with Crippen LogP contribution in [-0.4, -0.2) is 0 Å². The minimum absolute atomic E-state index is 0. The van der Waals surface area contributed by atoms with Crippen LogP contribution in [0.4, 0.5) is 0 Å². The van der Waals surface area contributed by atoms with Gasteiger partial charge in [0.15, 0.2) is 0 Å². The van der Waals surface area contributed by atoms with E-state index in [1.165, 1.54) is 146 Å². The van der Waals surface area contributed by atoms with E-state index < -0.39 is 0 Å². The Kier molecular flexibility index (Phi) is 23.1. The molecule has 53 heavy (non-hydrogen) atoms. The number of hydrogen-bond acceptors (Lipinski definition) is 0. The average Bonchev–Trinajstić information content (AvgIpc) is 3.19. The fourth-order valence-corrected chi connectivity index (χ4v) is 10.8. The van der Waals surface area contributed by atoms with E-state index >= 15 is 0 Å². The van der Waals surface area contributed by atoms with Crippen molar-refractivity contribution >= 4 is 31.9 Å². The minimum atomic E-state index is 0. The van der Waals surface area contributed by atoms with Gasteiger partial charge in [0.1, 0.15) is 0 Å². The van der Waals surface area contributed by atoms with E-state index in [1.54, 1.807) is 11.1 Å². The van der Waals surface area contributed by atoms with Gasteiger partial charge in [0.05, 0.1) is 3.39 Å². The Morgan fingerprint density at radius 2 is 0.925 bits per heavy atom. The molecule has 4 aliphatic carbocycles. The Hall–Kier alpha value is -0.703. The summed E-state index contributed by atoms with van der Waals surface area (Å²) in [6.07, 6.45) is 37.5. The molecular weight excluding hydrogens is 767 g/mol. The van der Waals surface area contributed by atoms with Gasteiger partial charge in [-0.25, -0.2) is 0 Å². The summed E-state index contributed by atoms with van der Waals surface area (Å²) in [4.78, 5) is 0. The Morgan fingerprint density at radius 3 is 1.23 bits per heavy atom. The molecule has 288 valence electrons.